The Hall–Kier alpha value is -0.870. The molecule has 0 spiro atoms. The third-order valence-corrected chi connectivity index (χ3v) is 4.81. The molecule has 0 radical (unpaired) electrons. The molecular formula is C14H16BrN3. The van der Waals surface area contributed by atoms with E-state index in [2.05, 4.69) is 43.6 Å². The number of benzene rings is 1. The number of imidazole rings is 1. The quantitative estimate of drug-likeness (QED) is 0.746. The summed E-state index contributed by atoms with van der Waals surface area (Å²) in [6.07, 6.45) is 3.82. The van der Waals surface area contributed by atoms with E-state index in [4.69, 9.17) is 4.98 Å². The van der Waals surface area contributed by atoms with Crippen molar-refractivity contribution in [2.45, 2.75) is 31.8 Å². The van der Waals surface area contributed by atoms with E-state index >= 15 is 0 Å². The monoisotopic (exact) mass is 305 g/mol. The smallest absolute Gasteiger partial charge is 0.111 e. The third kappa shape index (κ3) is 1.62. The number of nitrogens with zero attached hydrogens (tertiary/aromatic N) is 3. The molecule has 3 heterocycles. The normalized spacial score (nSPS) is 23.9. The summed E-state index contributed by atoms with van der Waals surface area (Å²) < 4.78 is 3.53. The molecule has 3 nitrogen and oxygen atoms in total. The molecule has 18 heavy (non-hydrogen) atoms. The van der Waals surface area contributed by atoms with Crippen molar-refractivity contribution in [1.29, 1.82) is 0 Å². The first-order valence-electron chi connectivity index (χ1n) is 6.70. The molecule has 4 heteroatoms. The van der Waals surface area contributed by atoms with E-state index in [0.717, 1.165) is 29.0 Å². The van der Waals surface area contributed by atoms with Crippen molar-refractivity contribution in [3.05, 3.63) is 28.5 Å². The van der Waals surface area contributed by atoms with E-state index in [1.807, 2.05) is 0 Å². The van der Waals surface area contributed by atoms with Gasteiger partial charge >= 0.3 is 0 Å². The van der Waals surface area contributed by atoms with Crippen LogP contribution in [0.25, 0.3) is 11.0 Å². The first-order chi connectivity index (χ1) is 8.81. The van der Waals surface area contributed by atoms with Gasteiger partial charge in [-0.15, -0.1) is 0 Å². The Morgan fingerprint density at radius 2 is 2.17 bits per heavy atom. The summed E-state index contributed by atoms with van der Waals surface area (Å²) in [5.41, 5.74) is 2.42. The molecule has 1 saturated heterocycles. The van der Waals surface area contributed by atoms with Crippen molar-refractivity contribution < 1.29 is 0 Å². The lowest BCUT2D eigenvalue weighted by Crippen LogP contribution is -2.30. The molecule has 0 amide bonds. The Kier molecular flexibility index (Phi) is 2.49. The molecule has 0 bridgehead atoms. The Labute approximate surface area is 115 Å². The molecule has 0 saturated carbocycles. The maximum absolute atomic E-state index is 4.84. The minimum atomic E-state index is 0.728. The zero-order chi connectivity index (χ0) is 12.1. The molecule has 1 fully saturated rings. The van der Waals surface area contributed by atoms with Crippen LogP contribution in [0.3, 0.4) is 0 Å². The lowest BCUT2D eigenvalue weighted by Gasteiger charge is -2.20. The molecular weight excluding hydrogens is 290 g/mol. The molecule has 2 aliphatic heterocycles. The lowest BCUT2D eigenvalue weighted by molar-refractivity contribution is 0.258. The van der Waals surface area contributed by atoms with Gasteiger partial charge < -0.3 is 4.57 Å². The van der Waals surface area contributed by atoms with E-state index in [1.54, 1.807) is 0 Å². The molecule has 0 N–H and O–H groups in total. The predicted octanol–water partition coefficient (Wildman–Crippen LogP) is 2.82. The average molecular weight is 306 g/mol. The van der Waals surface area contributed by atoms with Gasteiger partial charge in [0.05, 0.1) is 11.0 Å². The molecule has 1 aromatic heterocycles. The molecule has 1 unspecified atom stereocenters. The minimum absolute atomic E-state index is 0.728. The van der Waals surface area contributed by atoms with Gasteiger partial charge in [0.15, 0.2) is 0 Å². The Morgan fingerprint density at radius 3 is 3.11 bits per heavy atom. The molecule has 2 aliphatic rings. The number of hydrogen-bond acceptors (Lipinski definition) is 2. The van der Waals surface area contributed by atoms with E-state index in [0.29, 0.717) is 0 Å². The van der Waals surface area contributed by atoms with Crippen LogP contribution >= 0.6 is 15.9 Å². The van der Waals surface area contributed by atoms with Gasteiger partial charge in [0.2, 0.25) is 0 Å². The largest absolute Gasteiger partial charge is 0.327 e. The van der Waals surface area contributed by atoms with Gasteiger partial charge in [0.1, 0.15) is 5.82 Å². The van der Waals surface area contributed by atoms with Gasteiger partial charge in [-0.2, -0.15) is 0 Å². The van der Waals surface area contributed by atoms with Gasteiger partial charge in [-0.1, -0.05) is 15.9 Å². The number of rotatable bonds is 0. The highest BCUT2D eigenvalue weighted by atomic mass is 79.9. The van der Waals surface area contributed by atoms with Crippen molar-refractivity contribution in [1.82, 2.24) is 14.5 Å². The van der Waals surface area contributed by atoms with E-state index in [9.17, 15) is 0 Å². The van der Waals surface area contributed by atoms with Crippen LogP contribution in [-0.2, 0) is 13.0 Å². The van der Waals surface area contributed by atoms with Crippen molar-refractivity contribution in [2.24, 2.45) is 0 Å². The van der Waals surface area contributed by atoms with Crippen LogP contribution < -0.4 is 0 Å². The summed E-state index contributed by atoms with van der Waals surface area (Å²) >= 11 is 3.53. The van der Waals surface area contributed by atoms with Crippen LogP contribution in [0, 0.1) is 0 Å². The molecule has 1 atom stereocenters. The van der Waals surface area contributed by atoms with Crippen molar-refractivity contribution in [3.63, 3.8) is 0 Å². The fourth-order valence-electron chi connectivity index (χ4n) is 3.42. The van der Waals surface area contributed by atoms with Crippen LogP contribution in [0.1, 0.15) is 18.7 Å². The fraction of sp³-hybridized carbons (Fsp3) is 0.500. The fourth-order valence-corrected chi connectivity index (χ4v) is 3.77. The highest BCUT2D eigenvalue weighted by molar-refractivity contribution is 9.10. The maximum atomic E-state index is 4.84. The Morgan fingerprint density at radius 1 is 1.22 bits per heavy atom. The maximum Gasteiger partial charge on any atom is 0.111 e. The van der Waals surface area contributed by atoms with Crippen molar-refractivity contribution in [3.8, 4) is 0 Å². The highest BCUT2D eigenvalue weighted by Gasteiger charge is 2.29. The standard InChI is InChI=1S/C14H16BrN3/c15-10-3-4-13-12(8-10)16-14-9-11-2-1-5-17(11)6-7-18(13)14/h3-4,8,11H,1-2,5-7,9H2. The van der Waals surface area contributed by atoms with Crippen molar-refractivity contribution >= 4 is 27.0 Å². The molecule has 1 aromatic carbocycles. The molecule has 0 aliphatic carbocycles. The minimum Gasteiger partial charge on any atom is -0.327 e. The first kappa shape index (κ1) is 11.0. The van der Waals surface area contributed by atoms with Crippen molar-refractivity contribution in [2.75, 3.05) is 13.1 Å². The van der Waals surface area contributed by atoms with Gasteiger partial charge in [-0.3, -0.25) is 4.90 Å². The topological polar surface area (TPSA) is 21.1 Å². The molecule has 4 rings (SSSR count). The average Bonchev–Trinajstić information content (AvgIpc) is 2.88. The Bertz CT molecular complexity index is 604. The summed E-state index contributed by atoms with van der Waals surface area (Å²) in [5.74, 6) is 1.28. The first-order valence-corrected chi connectivity index (χ1v) is 7.49. The van der Waals surface area contributed by atoms with Crippen LogP contribution in [0.5, 0.6) is 0 Å². The number of halogens is 1. The van der Waals surface area contributed by atoms with Gasteiger partial charge in [-0.05, 0) is 37.6 Å². The van der Waals surface area contributed by atoms with Gasteiger partial charge in [0.25, 0.3) is 0 Å². The predicted molar refractivity (Wildman–Crippen MR) is 75.7 cm³/mol. The number of hydrogen-bond donors (Lipinski definition) is 0. The number of aromatic nitrogens is 2. The highest BCUT2D eigenvalue weighted by Crippen LogP contribution is 2.27. The second-order valence-corrected chi connectivity index (χ2v) is 6.26. The van der Waals surface area contributed by atoms with E-state index in [1.165, 1.54) is 37.3 Å². The van der Waals surface area contributed by atoms with Gasteiger partial charge in [0, 0.05) is 30.0 Å². The second kappa shape index (κ2) is 4.07. The third-order valence-electron chi connectivity index (χ3n) is 4.32. The van der Waals surface area contributed by atoms with Gasteiger partial charge in [-0.25, -0.2) is 4.98 Å². The second-order valence-electron chi connectivity index (χ2n) is 5.35. The molecule has 2 aromatic rings. The Balaban J connectivity index is 1.83. The van der Waals surface area contributed by atoms with Crippen LogP contribution in [0.4, 0.5) is 0 Å². The van der Waals surface area contributed by atoms with Crippen LogP contribution in [-0.4, -0.2) is 33.6 Å². The summed E-state index contributed by atoms with van der Waals surface area (Å²) in [6, 6.07) is 7.16. The summed E-state index contributed by atoms with van der Waals surface area (Å²) in [4.78, 5) is 7.48. The zero-order valence-corrected chi connectivity index (χ0v) is 11.9. The zero-order valence-electron chi connectivity index (χ0n) is 10.3. The molecule has 94 valence electrons. The van der Waals surface area contributed by atoms with Crippen LogP contribution in [0.2, 0.25) is 0 Å². The number of fused-ring (bicyclic) bond motifs is 4. The SMILES string of the molecule is Brc1ccc2c(c1)nc1n2CCN2CCCC2C1. The summed E-state index contributed by atoms with van der Waals surface area (Å²) in [7, 11) is 0. The van der Waals surface area contributed by atoms with E-state index in [-0.39, 0.29) is 0 Å². The lowest BCUT2D eigenvalue weighted by atomic mass is 10.1. The summed E-state index contributed by atoms with van der Waals surface area (Å²) in [6.45, 7) is 3.54. The van der Waals surface area contributed by atoms with E-state index < -0.39 is 0 Å². The van der Waals surface area contributed by atoms with Crippen LogP contribution in [0.15, 0.2) is 22.7 Å². The summed E-state index contributed by atoms with van der Waals surface area (Å²) in [5, 5.41) is 0.